The molecule has 2 aromatic carbocycles. The van der Waals surface area contributed by atoms with Crippen molar-refractivity contribution in [3.8, 4) is 0 Å². The van der Waals surface area contributed by atoms with Crippen LogP contribution in [0, 0.1) is 13.8 Å². The lowest BCUT2D eigenvalue weighted by Gasteiger charge is -2.11. The molecule has 100 valence electrons. The van der Waals surface area contributed by atoms with Gasteiger partial charge in [0.1, 0.15) is 0 Å². The maximum Gasteiger partial charge on any atom is 0.261 e. The van der Waals surface area contributed by atoms with Crippen molar-refractivity contribution in [3.63, 3.8) is 0 Å². The third-order valence-electron chi connectivity index (χ3n) is 2.71. The van der Waals surface area contributed by atoms with Gasteiger partial charge in [0.25, 0.3) is 10.0 Å². The number of rotatable bonds is 3. The summed E-state index contributed by atoms with van der Waals surface area (Å²) >= 11 is 0. The first-order chi connectivity index (χ1) is 8.88. The first kappa shape index (κ1) is 13.4. The van der Waals surface area contributed by atoms with Gasteiger partial charge in [-0.1, -0.05) is 18.2 Å². The number of hydrogen-bond donors (Lipinski definition) is 2. The summed E-state index contributed by atoms with van der Waals surface area (Å²) in [4.78, 5) is 0.244. The van der Waals surface area contributed by atoms with E-state index in [2.05, 4.69) is 4.72 Å². The molecular formula is C14H16N2O2S. The van der Waals surface area contributed by atoms with Gasteiger partial charge in [0.2, 0.25) is 0 Å². The molecule has 0 bridgehead atoms. The fraction of sp³-hybridized carbons (Fsp3) is 0.143. The molecule has 0 aliphatic heterocycles. The third kappa shape index (κ3) is 3.06. The average molecular weight is 276 g/mol. The monoisotopic (exact) mass is 276 g/mol. The Bertz CT molecular complexity index is 689. The summed E-state index contributed by atoms with van der Waals surface area (Å²) in [5, 5.41) is 0. The van der Waals surface area contributed by atoms with Gasteiger partial charge in [-0.25, -0.2) is 8.42 Å². The second kappa shape index (κ2) is 4.93. The van der Waals surface area contributed by atoms with E-state index in [1.54, 1.807) is 36.4 Å². The molecule has 2 rings (SSSR count). The maximum absolute atomic E-state index is 12.3. The lowest BCUT2D eigenvalue weighted by atomic mass is 10.2. The van der Waals surface area contributed by atoms with Gasteiger partial charge in [-0.15, -0.1) is 0 Å². The Morgan fingerprint density at radius 3 is 2.16 bits per heavy atom. The summed E-state index contributed by atoms with van der Waals surface area (Å²) in [5.41, 5.74) is 8.34. The Hall–Kier alpha value is -2.01. The number of nitrogen functional groups attached to an aromatic ring is 1. The van der Waals surface area contributed by atoms with Gasteiger partial charge in [0.05, 0.1) is 16.3 Å². The molecule has 2 aromatic rings. The minimum absolute atomic E-state index is 0.244. The minimum atomic E-state index is -3.61. The number of para-hydroxylation sites is 2. The zero-order valence-electron chi connectivity index (χ0n) is 10.8. The second-order valence-corrected chi connectivity index (χ2v) is 6.20. The Balaban J connectivity index is 2.41. The van der Waals surface area contributed by atoms with Gasteiger partial charge in [0.15, 0.2) is 0 Å². The topological polar surface area (TPSA) is 72.2 Å². The molecule has 0 aliphatic rings. The molecule has 0 atom stereocenters. The summed E-state index contributed by atoms with van der Waals surface area (Å²) in [7, 11) is -3.61. The molecule has 0 fully saturated rings. The summed E-state index contributed by atoms with van der Waals surface area (Å²) in [6.07, 6.45) is 0. The lowest BCUT2D eigenvalue weighted by molar-refractivity contribution is 0.601. The number of sulfonamides is 1. The van der Waals surface area contributed by atoms with Crippen molar-refractivity contribution >= 4 is 21.4 Å². The number of nitrogens with two attached hydrogens (primary N) is 1. The summed E-state index contributed by atoms with van der Waals surface area (Å²) in [6, 6.07) is 12.0. The predicted octanol–water partition coefficient (Wildman–Crippen LogP) is 2.69. The SMILES string of the molecule is Cc1cc(C)cc(S(=O)(=O)Nc2ccccc2N)c1. The van der Waals surface area contributed by atoms with E-state index in [9.17, 15) is 8.42 Å². The smallest absolute Gasteiger partial charge is 0.261 e. The molecular weight excluding hydrogens is 260 g/mol. The first-order valence-electron chi connectivity index (χ1n) is 5.84. The van der Waals surface area contributed by atoms with Gasteiger partial charge in [-0.05, 0) is 49.2 Å². The van der Waals surface area contributed by atoms with E-state index in [4.69, 9.17) is 5.73 Å². The fourth-order valence-electron chi connectivity index (χ4n) is 1.88. The molecule has 0 heterocycles. The molecule has 3 N–H and O–H groups in total. The van der Waals surface area contributed by atoms with Crippen LogP contribution in [0.15, 0.2) is 47.4 Å². The van der Waals surface area contributed by atoms with Gasteiger partial charge < -0.3 is 5.73 Å². The van der Waals surface area contributed by atoms with Gasteiger partial charge in [0, 0.05) is 0 Å². The number of anilines is 2. The van der Waals surface area contributed by atoms with Crippen molar-refractivity contribution in [2.24, 2.45) is 0 Å². The van der Waals surface area contributed by atoms with Crippen molar-refractivity contribution in [1.82, 2.24) is 0 Å². The van der Waals surface area contributed by atoms with E-state index in [1.807, 2.05) is 19.9 Å². The van der Waals surface area contributed by atoms with E-state index < -0.39 is 10.0 Å². The van der Waals surface area contributed by atoms with Crippen molar-refractivity contribution in [2.75, 3.05) is 10.5 Å². The van der Waals surface area contributed by atoms with Crippen LogP contribution in [-0.2, 0) is 10.0 Å². The van der Waals surface area contributed by atoms with Crippen molar-refractivity contribution in [2.45, 2.75) is 18.7 Å². The third-order valence-corrected chi connectivity index (χ3v) is 4.06. The van der Waals surface area contributed by atoms with Crippen LogP contribution >= 0.6 is 0 Å². The van der Waals surface area contributed by atoms with Crippen molar-refractivity contribution in [1.29, 1.82) is 0 Å². The lowest BCUT2D eigenvalue weighted by Crippen LogP contribution is -2.14. The van der Waals surface area contributed by atoms with Gasteiger partial charge >= 0.3 is 0 Å². The highest BCUT2D eigenvalue weighted by Crippen LogP contribution is 2.22. The van der Waals surface area contributed by atoms with E-state index >= 15 is 0 Å². The highest BCUT2D eigenvalue weighted by atomic mass is 32.2. The molecule has 0 aromatic heterocycles. The van der Waals surface area contributed by atoms with Crippen LogP contribution in [0.1, 0.15) is 11.1 Å². The zero-order chi connectivity index (χ0) is 14.0. The summed E-state index contributed by atoms with van der Waals surface area (Å²) in [5.74, 6) is 0. The number of benzene rings is 2. The molecule has 0 spiro atoms. The van der Waals surface area contributed by atoms with Crippen LogP contribution in [-0.4, -0.2) is 8.42 Å². The molecule has 0 radical (unpaired) electrons. The standard InChI is InChI=1S/C14H16N2O2S/c1-10-7-11(2)9-12(8-10)19(17,18)16-14-6-4-3-5-13(14)15/h3-9,16H,15H2,1-2H3. The molecule has 19 heavy (non-hydrogen) atoms. The van der Waals surface area contributed by atoms with E-state index in [-0.39, 0.29) is 4.90 Å². The Morgan fingerprint density at radius 2 is 1.58 bits per heavy atom. The van der Waals surface area contributed by atoms with Crippen molar-refractivity contribution in [3.05, 3.63) is 53.6 Å². The van der Waals surface area contributed by atoms with E-state index in [0.717, 1.165) is 11.1 Å². The van der Waals surface area contributed by atoms with Crippen LogP contribution in [0.3, 0.4) is 0 Å². The molecule has 0 aliphatic carbocycles. The van der Waals surface area contributed by atoms with E-state index in [1.165, 1.54) is 0 Å². The number of aryl methyl sites for hydroxylation is 2. The van der Waals surface area contributed by atoms with Crippen LogP contribution < -0.4 is 10.5 Å². The molecule has 0 amide bonds. The van der Waals surface area contributed by atoms with Crippen LogP contribution in [0.5, 0.6) is 0 Å². The second-order valence-electron chi connectivity index (χ2n) is 4.52. The normalized spacial score (nSPS) is 11.3. The first-order valence-corrected chi connectivity index (χ1v) is 7.32. The van der Waals surface area contributed by atoms with Crippen LogP contribution in [0.25, 0.3) is 0 Å². The number of hydrogen-bond acceptors (Lipinski definition) is 3. The molecule has 0 unspecified atom stereocenters. The highest BCUT2D eigenvalue weighted by Gasteiger charge is 2.15. The predicted molar refractivity (Wildman–Crippen MR) is 77.6 cm³/mol. The van der Waals surface area contributed by atoms with Crippen LogP contribution in [0.2, 0.25) is 0 Å². The Labute approximate surface area is 113 Å². The maximum atomic E-state index is 12.3. The molecule has 0 saturated heterocycles. The molecule has 4 nitrogen and oxygen atoms in total. The van der Waals surface area contributed by atoms with Gasteiger partial charge in [-0.2, -0.15) is 0 Å². The Morgan fingerprint density at radius 1 is 1.00 bits per heavy atom. The summed E-state index contributed by atoms with van der Waals surface area (Å²) < 4.78 is 27.1. The highest BCUT2D eigenvalue weighted by molar-refractivity contribution is 7.92. The molecule has 5 heteroatoms. The van der Waals surface area contributed by atoms with Crippen LogP contribution in [0.4, 0.5) is 11.4 Å². The van der Waals surface area contributed by atoms with E-state index in [0.29, 0.717) is 11.4 Å². The average Bonchev–Trinajstić information content (AvgIpc) is 2.31. The van der Waals surface area contributed by atoms with Gasteiger partial charge in [-0.3, -0.25) is 4.72 Å². The van der Waals surface area contributed by atoms with Crippen molar-refractivity contribution < 1.29 is 8.42 Å². The Kier molecular flexibility index (Phi) is 3.48. The largest absolute Gasteiger partial charge is 0.397 e. The minimum Gasteiger partial charge on any atom is -0.397 e. The fourth-order valence-corrected chi connectivity index (χ4v) is 3.16. The summed E-state index contributed by atoms with van der Waals surface area (Å²) in [6.45, 7) is 3.73. The quantitative estimate of drug-likeness (QED) is 0.847. The number of nitrogens with one attached hydrogen (secondary N) is 1. The molecule has 0 saturated carbocycles. The zero-order valence-corrected chi connectivity index (χ0v) is 11.7.